The van der Waals surface area contributed by atoms with E-state index in [2.05, 4.69) is 28.1 Å². The molecule has 184 valence electrons. The Morgan fingerprint density at radius 3 is 2.43 bits per heavy atom. The van der Waals surface area contributed by atoms with Gasteiger partial charge in [-0.3, -0.25) is 14.7 Å². The van der Waals surface area contributed by atoms with Crippen molar-refractivity contribution in [1.82, 2.24) is 4.90 Å². The van der Waals surface area contributed by atoms with Crippen molar-refractivity contribution in [1.29, 1.82) is 0 Å². The summed E-state index contributed by atoms with van der Waals surface area (Å²) in [5, 5.41) is 0.918. The summed E-state index contributed by atoms with van der Waals surface area (Å²) in [4.78, 5) is 21.7. The smallest absolute Gasteiger partial charge is 0.267 e. The highest BCUT2D eigenvalue weighted by Gasteiger charge is 2.39. The summed E-state index contributed by atoms with van der Waals surface area (Å²) < 4.78 is 7.15. The predicted molar refractivity (Wildman–Crippen MR) is 149 cm³/mol. The number of ether oxygens (including phenoxy) is 1. The molecule has 2 saturated carbocycles. The molecule has 1 heterocycles. The molecule has 35 heavy (non-hydrogen) atoms. The number of benzene rings is 2. The number of rotatable bonds is 6. The molecule has 0 unspecified atom stereocenters. The standard InChI is InChI=1S/C29H33BrN2O2S/c30-23-16-17-26(34-20-21-10-4-1-5-11-21)22(18-23)19-27-28(33)32(25-14-8-3-9-15-25)29(35-27)31-24-12-6-2-7-13-24/h1,4-5,10-11,16-19,24-25H,2-3,6-9,12-15,20H2. The minimum absolute atomic E-state index is 0.102. The summed E-state index contributed by atoms with van der Waals surface area (Å²) >= 11 is 5.15. The number of amidine groups is 1. The number of carbonyl (C=O) groups excluding carboxylic acids is 1. The monoisotopic (exact) mass is 552 g/mol. The topological polar surface area (TPSA) is 41.9 Å². The zero-order valence-corrected chi connectivity index (χ0v) is 22.5. The number of carbonyl (C=O) groups is 1. The van der Waals surface area contributed by atoms with Gasteiger partial charge in [-0.2, -0.15) is 0 Å². The van der Waals surface area contributed by atoms with E-state index in [9.17, 15) is 4.79 Å². The van der Waals surface area contributed by atoms with E-state index >= 15 is 0 Å². The summed E-state index contributed by atoms with van der Waals surface area (Å²) in [7, 11) is 0. The highest BCUT2D eigenvalue weighted by atomic mass is 79.9. The van der Waals surface area contributed by atoms with Crippen molar-refractivity contribution in [2.24, 2.45) is 4.99 Å². The number of amides is 1. The number of halogens is 1. The van der Waals surface area contributed by atoms with Gasteiger partial charge in [0.15, 0.2) is 5.17 Å². The van der Waals surface area contributed by atoms with Gasteiger partial charge in [0.2, 0.25) is 0 Å². The molecule has 2 aliphatic carbocycles. The highest BCUT2D eigenvalue weighted by Crippen LogP contribution is 2.39. The Hall–Kier alpha value is -2.05. The fraction of sp³-hybridized carbons (Fsp3) is 0.448. The van der Waals surface area contributed by atoms with Crippen LogP contribution in [0.3, 0.4) is 0 Å². The Bertz CT molecular complexity index is 1090. The third-order valence-corrected chi connectivity index (χ3v) is 8.63. The van der Waals surface area contributed by atoms with E-state index in [1.54, 1.807) is 11.8 Å². The van der Waals surface area contributed by atoms with Crippen LogP contribution in [0.1, 0.15) is 75.3 Å². The second-order valence-electron chi connectivity index (χ2n) is 9.74. The molecule has 0 aromatic heterocycles. The van der Waals surface area contributed by atoms with Gasteiger partial charge < -0.3 is 4.74 Å². The summed E-state index contributed by atoms with van der Waals surface area (Å²) in [6.07, 6.45) is 13.9. The van der Waals surface area contributed by atoms with Gasteiger partial charge in [-0.05, 0) is 67.3 Å². The SMILES string of the molecule is O=C1C(=Cc2cc(Br)ccc2OCc2ccccc2)SC(=NC2CCCCC2)N1C1CCCCC1. The van der Waals surface area contributed by atoms with Crippen molar-refractivity contribution < 1.29 is 9.53 Å². The minimum Gasteiger partial charge on any atom is -0.488 e. The molecule has 0 N–H and O–H groups in total. The van der Waals surface area contributed by atoms with Gasteiger partial charge >= 0.3 is 0 Å². The molecule has 3 aliphatic rings. The Labute approximate surface area is 221 Å². The van der Waals surface area contributed by atoms with Gasteiger partial charge in [-0.25, -0.2) is 0 Å². The molecular weight excluding hydrogens is 520 g/mol. The molecule has 1 amide bonds. The van der Waals surface area contributed by atoms with Crippen LogP contribution in [0.25, 0.3) is 6.08 Å². The molecule has 0 atom stereocenters. The van der Waals surface area contributed by atoms with E-state index in [1.807, 2.05) is 47.4 Å². The molecule has 2 aromatic rings. The maximum absolute atomic E-state index is 13.7. The lowest BCUT2D eigenvalue weighted by molar-refractivity contribution is -0.124. The van der Waals surface area contributed by atoms with E-state index in [4.69, 9.17) is 9.73 Å². The summed E-state index contributed by atoms with van der Waals surface area (Å²) in [5.74, 6) is 0.880. The Kier molecular flexibility index (Phi) is 8.30. The number of aliphatic imine (C=N–C) groups is 1. The molecule has 1 aliphatic heterocycles. The molecule has 6 heteroatoms. The van der Waals surface area contributed by atoms with Crippen molar-refractivity contribution in [3.63, 3.8) is 0 Å². The number of hydrogen-bond acceptors (Lipinski definition) is 4. The molecule has 2 aromatic carbocycles. The summed E-state index contributed by atoms with van der Waals surface area (Å²) in [5.41, 5.74) is 2.03. The molecule has 1 saturated heterocycles. The zero-order valence-electron chi connectivity index (χ0n) is 20.1. The van der Waals surface area contributed by atoms with E-state index in [1.165, 1.54) is 38.5 Å². The van der Waals surface area contributed by atoms with E-state index in [-0.39, 0.29) is 11.9 Å². The van der Waals surface area contributed by atoms with Gasteiger partial charge in [-0.1, -0.05) is 84.8 Å². The first-order valence-corrected chi connectivity index (χ1v) is 14.6. The third kappa shape index (κ3) is 6.21. The van der Waals surface area contributed by atoms with Crippen LogP contribution in [0.4, 0.5) is 0 Å². The first-order valence-electron chi connectivity index (χ1n) is 12.9. The molecule has 3 fully saturated rings. The van der Waals surface area contributed by atoms with Crippen LogP contribution < -0.4 is 4.74 Å². The lowest BCUT2D eigenvalue weighted by Crippen LogP contribution is -2.41. The van der Waals surface area contributed by atoms with E-state index in [0.717, 1.165) is 57.1 Å². The normalized spacial score (nSPS) is 22.3. The first kappa shape index (κ1) is 24.6. The van der Waals surface area contributed by atoms with Crippen molar-refractivity contribution in [2.75, 3.05) is 0 Å². The Morgan fingerprint density at radius 1 is 0.971 bits per heavy atom. The highest BCUT2D eigenvalue weighted by molar-refractivity contribution is 9.10. The van der Waals surface area contributed by atoms with Crippen LogP contribution in [0.15, 0.2) is 62.9 Å². The van der Waals surface area contributed by atoms with Crippen LogP contribution in [-0.2, 0) is 11.4 Å². The number of hydrogen-bond donors (Lipinski definition) is 0. The maximum atomic E-state index is 13.7. The molecule has 0 radical (unpaired) electrons. The van der Waals surface area contributed by atoms with Crippen molar-refractivity contribution in [2.45, 2.75) is 82.9 Å². The molecule has 5 rings (SSSR count). The minimum atomic E-state index is 0.102. The van der Waals surface area contributed by atoms with Crippen LogP contribution in [0.5, 0.6) is 5.75 Å². The van der Waals surface area contributed by atoms with E-state index < -0.39 is 0 Å². The van der Waals surface area contributed by atoms with Crippen LogP contribution in [-0.4, -0.2) is 28.1 Å². The average molecular weight is 554 g/mol. The van der Waals surface area contributed by atoms with E-state index in [0.29, 0.717) is 12.6 Å². The Balaban J connectivity index is 1.43. The van der Waals surface area contributed by atoms with Crippen molar-refractivity contribution >= 4 is 44.8 Å². The molecule has 0 bridgehead atoms. The van der Waals surface area contributed by atoms with Gasteiger partial charge in [0, 0.05) is 16.1 Å². The van der Waals surface area contributed by atoms with Crippen LogP contribution in [0, 0.1) is 0 Å². The quantitative estimate of drug-likeness (QED) is 0.341. The van der Waals surface area contributed by atoms with Gasteiger partial charge in [-0.15, -0.1) is 0 Å². The summed E-state index contributed by atoms with van der Waals surface area (Å²) in [6, 6.07) is 16.8. The second-order valence-corrected chi connectivity index (χ2v) is 11.7. The fourth-order valence-corrected chi connectivity index (χ4v) is 6.72. The Morgan fingerprint density at radius 2 is 1.69 bits per heavy atom. The molecular formula is C29H33BrN2O2S. The van der Waals surface area contributed by atoms with Gasteiger partial charge in [0.25, 0.3) is 5.91 Å². The maximum Gasteiger partial charge on any atom is 0.267 e. The molecule has 0 spiro atoms. The fourth-order valence-electron chi connectivity index (χ4n) is 5.24. The number of nitrogens with zero attached hydrogens (tertiary/aromatic N) is 2. The van der Waals surface area contributed by atoms with Gasteiger partial charge in [0.1, 0.15) is 12.4 Å². The zero-order chi connectivity index (χ0) is 24.0. The first-order chi connectivity index (χ1) is 17.2. The lowest BCUT2D eigenvalue weighted by Gasteiger charge is -2.31. The van der Waals surface area contributed by atoms with Crippen LogP contribution in [0.2, 0.25) is 0 Å². The number of thioether (sulfide) groups is 1. The summed E-state index contributed by atoms with van der Waals surface area (Å²) in [6.45, 7) is 0.488. The largest absolute Gasteiger partial charge is 0.488 e. The van der Waals surface area contributed by atoms with Crippen LogP contribution >= 0.6 is 27.7 Å². The van der Waals surface area contributed by atoms with Gasteiger partial charge in [0.05, 0.1) is 10.9 Å². The second kappa shape index (κ2) is 11.8. The van der Waals surface area contributed by atoms with Crippen molar-refractivity contribution in [3.05, 3.63) is 69.0 Å². The lowest BCUT2D eigenvalue weighted by atomic mass is 9.94. The predicted octanol–water partition coefficient (Wildman–Crippen LogP) is 7.97. The third-order valence-electron chi connectivity index (χ3n) is 7.14. The molecule has 4 nitrogen and oxygen atoms in total. The average Bonchev–Trinajstić information content (AvgIpc) is 3.19. The van der Waals surface area contributed by atoms with Crippen molar-refractivity contribution in [3.8, 4) is 5.75 Å².